The number of nitrogens with zero attached hydrogens (tertiary/aromatic N) is 1. The van der Waals surface area contributed by atoms with Gasteiger partial charge in [-0.2, -0.15) is 0 Å². The van der Waals surface area contributed by atoms with Crippen LogP contribution in [0.3, 0.4) is 0 Å². The molecule has 2 atom stereocenters. The molecule has 0 saturated heterocycles. The van der Waals surface area contributed by atoms with Crippen LogP contribution in [0.2, 0.25) is 0 Å². The van der Waals surface area contributed by atoms with Gasteiger partial charge in [-0.25, -0.2) is 0 Å². The van der Waals surface area contributed by atoms with Crippen molar-refractivity contribution in [2.24, 2.45) is 5.92 Å². The molecule has 1 aromatic carbocycles. The molecule has 0 fully saturated rings. The van der Waals surface area contributed by atoms with Crippen molar-refractivity contribution in [3.05, 3.63) is 65.8 Å². The number of anilines is 1. The Kier molecular flexibility index (Phi) is 2.17. The van der Waals surface area contributed by atoms with Crippen molar-refractivity contribution in [1.29, 1.82) is 0 Å². The van der Waals surface area contributed by atoms with E-state index in [-0.39, 0.29) is 0 Å². The first-order valence-electron chi connectivity index (χ1n) is 6.55. The molecular formula is C16H16N2. The van der Waals surface area contributed by atoms with Gasteiger partial charge in [0.25, 0.3) is 0 Å². The summed E-state index contributed by atoms with van der Waals surface area (Å²) in [6, 6.07) is 8.61. The second-order valence-electron chi connectivity index (χ2n) is 5.19. The van der Waals surface area contributed by atoms with Crippen LogP contribution >= 0.6 is 0 Å². The highest BCUT2D eigenvalue weighted by atomic mass is 15.3. The van der Waals surface area contributed by atoms with E-state index < -0.39 is 0 Å². The number of benzene rings is 1. The lowest BCUT2D eigenvalue weighted by molar-refractivity contribution is 0.202. The van der Waals surface area contributed by atoms with E-state index in [1.807, 2.05) is 0 Å². The molecule has 0 saturated carbocycles. The second-order valence-corrected chi connectivity index (χ2v) is 5.19. The van der Waals surface area contributed by atoms with Gasteiger partial charge in [0.05, 0.1) is 6.17 Å². The summed E-state index contributed by atoms with van der Waals surface area (Å²) in [5.74, 6) is 0.568. The van der Waals surface area contributed by atoms with Gasteiger partial charge < -0.3 is 5.32 Å². The van der Waals surface area contributed by atoms with Gasteiger partial charge in [0, 0.05) is 24.7 Å². The van der Waals surface area contributed by atoms with Crippen LogP contribution < -0.4 is 5.32 Å². The maximum absolute atomic E-state index is 3.62. The van der Waals surface area contributed by atoms with Crippen LogP contribution in [0.5, 0.6) is 0 Å². The maximum Gasteiger partial charge on any atom is 0.0995 e. The molecule has 2 unspecified atom stereocenters. The van der Waals surface area contributed by atoms with E-state index in [0.717, 1.165) is 13.1 Å². The fraction of sp³-hybridized carbons (Fsp3) is 0.250. The number of fused-ring (bicyclic) bond motifs is 3. The van der Waals surface area contributed by atoms with Gasteiger partial charge in [-0.15, -0.1) is 0 Å². The largest absolute Gasteiger partial charge is 0.366 e. The number of para-hydroxylation sites is 1. The molecule has 2 aliphatic heterocycles. The Labute approximate surface area is 107 Å². The van der Waals surface area contributed by atoms with Crippen LogP contribution in [0.15, 0.2) is 60.2 Å². The van der Waals surface area contributed by atoms with Crippen LogP contribution in [0.1, 0.15) is 5.56 Å². The van der Waals surface area contributed by atoms with Gasteiger partial charge in [-0.1, -0.05) is 42.5 Å². The minimum absolute atomic E-state index is 0.349. The van der Waals surface area contributed by atoms with Crippen molar-refractivity contribution in [2.75, 3.05) is 11.9 Å². The minimum atomic E-state index is 0.349. The molecule has 2 nitrogen and oxygen atoms in total. The maximum atomic E-state index is 3.62. The van der Waals surface area contributed by atoms with Crippen molar-refractivity contribution >= 4 is 5.69 Å². The first kappa shape index (κ1) is 10.2. The van der Waals surface area contributed by atoms with E-state index in [0.29, 0.717) is 12.1 Å². The smallest absolute Gasteiger partial charge is 0.0995 e. The number of rotatable bonds is 0. The number of nitrogens with one attached hydrogen (secondary N) is 1. The zero-order valence-electron chi connectivity index (χ0n) is 10.2. The summed E-state index contributed by atoms with van der Waals surface area (Å²) in [7, 11) is 0. The van der Waals surface area contributed by atoms with Gasteiger partial charge in [-0.05, 0) is 23.3 Å². The first-order valence-corrected chi connectivity index (χ1v) is 6.55. The highest BCUT2D eigenvalue weighted by Crippen LogP contribution is 2.33. The van der Waals surface area contributed by atoms with E-state index in [2.05, 4.69) is 64.9 Å². The lowest BCUT2D eigenvalue weighted by Crippen LogP contribution is -2.48. The standard InChI is InChI=1S/C16H16N2/c1-2-6-13-10-18-11-14-7-3-4-8-15(14)17-16(18)9-12(13)5-1/h1-9,13,16-17H,10-11H2. The molecule has 2 heteroatoms. The zero-order chi connectivity index (χ0) is 11.9. The van der Waals surface area contributed by atoms with E-state index in [1.54, 1.807) is 0 Å². The summed E-state index contributed by atoms with van der Waals surface area (Å²) in [5.41, 5.74) is 4.14. The Morgan fingerprint density at radius 2 is 2.11 bits per heavy atom. The lowest BCUT2D eigenvalue weighted by atomic mass is 9.89. The van der Waals surface area contributed by atoms with Gasteiger partial charge >= 0.3 is 0 Å². The summed E-state index contributed by atoms with van der Waals surface area (Å²) >= 11 is 0. The Bertz CT molecular complexity index is 568. The molecular weight excluding hydrogens is 220 g/mol. The van der Waals surface area contributed by atoms with Crippen LogP contribution in [0.4, 0.5) is 5.69 Å². The van der Waals surface area contributed by atoms with Crippen LogP contribution in [-0.4, -0.2) is 17.6 Å². The highest BCUT2D eigenvalue weighted by molar-refractivity contribution is 5.55. The third kappa shape index (κ3) is 1.53. The second kappa shape index (κ2) is 3.85. The SMILES string of the molecule is C1=CC2=CC3Nc4ccccc4CN3CC2C=C1. The Morgan fingerprint density at radius 1 is 1.17 bits per heavy atom. The van der Waals surface area contributed by atoms with E-state index >= 15 is 0 Å². The fourth-order valence-corrected chi connectivity index (χ4v) is 3.07. The van der Waals surface area contributed by atoms with Crippen molar-refractivity contribution < 1.29 is 0 Å². The highest BCUT2D eigenvalue weighted by Gasteiger charge is 2.30. The van der Waals surface area contributed by atoms with Crippen molar-refractivity contribution in [3.8, 4) is 0 Å². The van der Waals surface area contributed by atoms with Crippen LogP contribution in [-0.2, 0) is 6.54 Å². The minimum Gasteiger partial charge on any atom is -0.366 e. The number of allylic oxidation sites excluding steroid dienone is 3. The van der Waals surface area contributed by atoms with Gasteiger partial charge in [0.2, 0.25) is 0 Å². The molecule has 0 radical (unpaired) electrons. The fourth-order valence-electron chi connectivity index (χ4n) is 3.07. The average molecular weight is 236 g/mol. The molecule has 0 aromatic heterocycles. The molecule has 0 bridgehead atoms. The first-order chi connectivity index (χ1) is 8.90. The molecule has 1 N–H and O–H groups in total. The zero-order valence-corrected chi connectivity index (χ0v) is 10.2. The van der Waals surface area contributed by atoms with Crippen molar-refractivity contribution in [1.82, 2.24) is 4.90 Å². The van der Waals surface area contributed by atoms with E-state index in [9.17, 15) is 0 Å². The molecule has 0 amide bonds. The van der Waals surface area contributed by atoms with E-state index in [1.165, 1.54) is 16.8 Å². The lowest BCUT2D eigenvalue weighted by Gasteiger charge is -2.42. The molecule has 0 spiro atoms. The monoisotopic (exact) mass is 236 g/mol. The summed E-state index contributed by atoms with van der Waals surface area (Å²) in [6.45, 7) is 2.16. The molecule has 18 heavy (non-hydrogen) atoms. The van der Waals surface area contributed by atoms with Gasteiger partial charge in [-0.3, -0.25) is 4.90 Å². The molecule has 3 aliphatic rings. The summed E-state index contributed by atoms with van der Waals surface area (Å²) in [5, 5.41) is 3.62. The molecule has 4 rings (SSSR count). The molecule has 1 aromatic rings. The van der Waals surface area contributed by atoms with Crippen LogP contribution in [0, 0.1) is 5.92 Å². The quantitative estimate of drug-likeness (QED) is 0.745. The predicted octanol–water partition coefficient (Wildman–Crippen LogP) is 2.92. The summed E-state index contributed by atoms with van der Waals surface area (Å²) in [4.78, 5) is 2.51. The van der Waals surface area contributed by atoms with Crippen molar-refractivity contribution in [2.45, 2.75) is 12.7 Å². The molecule has 90 valence electrons. The third-order valence-corrected chi connectivity index (χ3v) is 4.04. The van der Waals surface area contributed by atoms with Crippen LogP contribution in [0.25, 0.3) is 0 Å². The summed E-state index contributed by atoms with van der Waals surface area (Å²) in [6.07, 6.45) is 11.6. The van der Waals surface area contributed by atoms with Crippen molar-refractivity contribution in [3.63, 3.8) is 0 Å². The Morgan fingerprint density at radius 3 is 3.11 bits per heavy atom. The van der Waals surface area contributed by atoms with E-state index in [4.69, 9.17) is 0 Å². The number of hydrogen-bond donors (Lipinski definition) is 1. The average Bonchev–Trinajstić information content (AvgIpc) is 2.42. The Balaban J connectivity index is 1.71. The normalized spacial score (nSPS) is 28.8. The van der Waals surface area contributed by atoms with Gasteiger partial charge in [0.15, 0.2) is 0 Å². The summed E-state index contributed by atoms with van der Waals surface area (Å²) < 4.78 is 0. The topological polar surface area (TPSA) is 15.3 Å². The Hall–Kier alpha value is -1.80. The predicted molar refractivity (Wildman–Crippen MR) is 74.1 cm³/mol. The molecule has 2 heterocycles. The third-order valence-electron chi connectivity index (χ3n) is 4.04. The van der Waals surface area contributed by atoms with Gasteiger partial charge in [0.1, 0.15) is 0 Å². The number of hydrogen-bond acceptors (Lipinski definition) is 2. The molecule has 1 aliphatic carbocycles.